The third kappa shape index (κ3) is 6.20. The van der Waals surface area contributed by atoms with Gasteiger partial charge in [0.15, 0.2) is 12.4 Å². The Morgan fingerprint density at radius 2 is 1.58 bits per heavy atom. The summed E-state index contributed by atoms with van der Waals surface area (Å²) in [6.45, 7) is 3.31. The van der Waals surface area contributed by atoms with E-state index in [9.17, 15) is 18.0 Å². The summed E-state index contributed by atoms with van der Waals surface area (Å²) >= 11 is 0. The van der Waals surface area contributed by atoms with Crippen molar-refractivity contribution in [1.29, 1.82) is 0 Å². The third-order valence-corrected chi connectivity index (χ3v) is 6.31. The summed E-state index contributed by atoms with van der Waals surface area (Å²) in [6, 6.07) is 20.2. The highest BCUT2D eigenvalue weighted by molar-refractivity contribution is 7.87. The number of hydrogen-bond donors (Lipinski definition) is 0. The van der Waals surface area contributed by atoms with Gasteiger partial charge in [-0.15, -0.1) is 0 Å². The van der Waals surface area contributed by atoms with E-state index in [0.717, 1.165) is 11.1 Å². The van der Waals surface area contributed by atoms with Crippen LogP contribution in [-0.2, 0) is 26.2 Å². The Morgan fingerprint density at radius 1 is 0.909 bits per heavy atom. The molecule has 7 nitrogen and oxygen atoms in total. The molecule has 3 aromatic carbocycles. The van der Waals surface area contributed by atoms with Crippen molar-refractivity contribution in [3.8, 4) is 5.75 Å². The van der Waals surface area contributed by atoms with Gasteiger partial charge < -0.3 is 13.8 Å². The number of rotatable bonds is 8. The van der Waals surface area contributed by atoms with E-state index in [1.165, 1.54) is 23.1 Å². The standard InChI is InChI=1S/C25H25NO6S/c1-18-13-14-19(2)23(15-18)33(29,30)32-22-12-8-7-11-21(22)25(28)31-17-24(27)26(3)16-20-9-5-4-6-10-20/h4-15H,16-17H2,1-3H3. The SMILES string of the molecule is Cc1ccc(C)c(S(=O)(=O)Oc2ccccc2C(=O)OCC(=O)N(C)Cc2ccccc2)c1. The fourth-order valence-electron chi connectivity index (χ4n) is 3.11. The van der Waals surface area contributed by atoms with Crippen LogP contribution in [0.15, 0.2) is 77.7 Å². The second-order valence-electron chi connectivity index (χ2n) is 7.61. The second kappa shape index (κ2) is 10.3. The summed E-state index contributed by atoms with van der Waals surface area (Å²) in [4.78, 5) is 26.5. The molecule has 0 fully saturated rings. The van der Waals surface area contributed by atoms with Gasteiger partial charge >= 0.3 is 16.1 Å². The van der Waals surface area contributed by atoms with Crippen LogP contribution in [0.25, 0.3) is 0 Å². The number of para-hydroxylation sites is 1. The van der Waals surface area contributed by atoms with Crippen molar-refractivity contribution in [3.63, 3.8) is 0 Å². The Bertz CT molecular complexity index is 1250. The summed E-state index contributed by atoms with van der Waals surface area (Å²) in [5.74, 6) is -1.43. The molecule has 0 radical (unpaired) electrons. The molecule has 0 saturated carbocycles. The topological polar surface area (TPSA) is 90.0 Å². The minimum absolute atomic E-state index is 0.0170. The van der Waals surface area contributed by atoms with Crippen LogP contribution in [0.5, 0.6) is 5.75 Å². The molecule has 0 aromatic heterocycles. The molecule has 0 spiro atoms. The van der Waals surface area contributed by atoms with E-state index in [4.69, 9.17) is 8.92 Å². The van der Waals surface area contributed by atoms with Crippen molar-refractivity contribution in [2.75, 3.05) is 13.7 Å². The molecule has 172 valence electrons. The molecule has 1 amide bonds. The van der Waals surface area contributed by atoms with Crippen LogP contribution in [0.2, 0.25) is 0 Å². The number of benzene rings is 3. The summed E-state index contributed by atoms with van der Waals surface area (Å²) in [7, 11) is -2.58. The zero-order valence-corrected chi connectivity index (χ0v) is 19.5. The molecule has 0 unspecified atom stereocenters. The van der Waals surface area contributed by atoms with Crippen LogP contribution in [0.3, 0.4) is 0 Å². The molecule has 33 heavy (non-hydrogen) atoms. The van der Waals surface area contributed by atoms with Gasteiger partial charge in [0, 0.05) is 13.6 Å². The number of aryl methyl sites for hydroxylation is 2. The number of amides is 1. The maximum Gasteiger partial charge on any atom is 0.342 e. The van der Waals surface area contributed by atoms with Crippen molar-refractivity contribution in [2.24, 2.45) is 0 Å². The largest absolute Gasteiger partial charge is 0.452 e. The lowest BCUT2D eigenvalue weighted by Gasteiger charge is -2.17. The highest BCUT2D eigenvalue weighted by Crippen LogP contribution is 2.26. The molecular weight excluding hydrogens is 442 g/mol. The van der Waals surface area contributed by atoms with Crippen molar-refractivity contribution < 1.29 is 26.9 Å². The molecule has 0 heterocycles. The number of ether oxygens (including phenoxy) is 1. The first-order valence-corrected chi connectivity index (χ1v) is 11.6. The highest BCUT2D eigenvalue weighted by Gasteiger charge is 2.24. The predicted octanol–water partition coefficient (Wildman–Crippen LogP) is 3.89. The van der Waals surface area contributed by atoms with E-state index >= 15 is 0 Å². The van der Waals surface area contributed by atoms with Gasteiger partial charge in [0.05, 0.1) is 0 Å². The Labute approximate surface area is 193 Å². The Kier molecular flexibility index (Phi) is 7.50. The van der Waals surface area contributed by atoms with Gasteiger partial charge in [-0.2, -0.15) is 8.42 Å². The Hall–Kier alpha value is -3.65. The molecule has 0 N–H and O–H groups in total. The molecule has 0 aliphatic heterocycles. The number of esters is 1. The van der Waals surface area contributed by atoms with E-state index in [1.54, 1.807) is 45.2 Å². The average Bonchev–Trinajstić information content (AvgIpc) is 2.79. The highest BCUT2D eigenvalue weighted by atomic mass is 32.2. The normalized spacial score (nSPS) is 11.0. The van der Waals surface area contributed by atoms with E-state index in [-0.39, 0.29) is 16.2 Å². The molecule has 8 heteroatoms. The van der Waals surface area contributed by atoms with Gasteiger partial charge in [0.25, 0.3) is 5.91 Å². The predicted molar refractivity (Wildman–Crippen MR) is 123 cm³/mol. The lowest BCUT2D eigenvalue weighted by Crippen LogP contribution is -2.30. The van der Waals surface area contributed by atoms with Crippen LogP contribution < -0.4 is 4.18 Å². The van der Waals surface area contributed by atoms with Gasteiger partial charge in [-0.05, 0) is 48.7 Å². The molecule has 3 aromatic rings. The monoisotopic (exact) mass is 467 g/mol. The van der Waals surface area contributed by atoms with Crippen LogP contribution >= 0.6 is 0 Å². The van der Waals surface area contributed by atoms with Gasteiger partial charge in [0.2, 0.25) is 0 Å². The first-order valence-electron chi connectivity index (χ1n) is 10.2. The Balaban J connectivity index is 1.70. The fourth-order valence-corrected chi connectivity index (χ4v) is 4.37. The second-order valence-corrected chi connectivity index (χ2v) is 9.13. The van der Waals surface area contributed by atoms with Crippen LogP contribution in [0, 0.1) is 13.8 Å². The van der Waals surface area contributed by atoms with E-state index in [2.05, 4.69) is 0 Å². The van der Waals surface area contributed by atoms with Crippen LogP contribution in [0.4, 0.5) is 0 Å². The van der Waals surface area contributed by atoms with Crippen molar-refractivity contribution in [1.82, 2.24) is 4.90 Å². The fraction of sp³-hybridized carbons (Fsp3) is 0.200. The summed E-state index contributed by atoms with van der Waals surface area (Å²) in [5.41, 5.74) is 2.13. The minimum atomic E-state index is -4.18. The number of carbonyl (C=O) groups excluding carboxylic acids is 2. The maximum atomic E-state index is 12.8. The molecule has 0 aliphatic rings. The molecule has 0 atom stereocenters. The van der Waals surface area contributed by atoms with Crippen LogP contribution in [-0.4, -0.2) is 38.8 Å². The third-order valence-electron chi connectivity index (χ3n) is 4.93. The molecule has 0 saturated heterocycles. The van der Waals surface area contributed by atoms with E-state index in [0.29, 0.717) is 12.1 Å². The van der Waals surface area contributed by atoms with Crippen molar-refractivity contribution in [3.05, 3.63) is 95.1 Å². The van der Waals surface area contributed by atoms with E-state index in [1.807, 2.05) is 30.3 Å². The lowest BCUT2D eigenvalue weighted by atomic mass is 10.2. The minimum Gasteiger partial charge on any atom is -0.452 e. The summed E-state index contributed by atoms with van der Waals surface area (Å²) in [6.07, 6.45) is 0. The number of likely N-dealkylation sites (N-methyl/N-ethyl adjacent to an activating group) is 1. The van der Waals surface area contributed by atoms with Gasteiger partial charge in [-0.25, -0.2) is 4.79 Å². The van der Waals surface area contributed by atoms with Gasteiger partial charge in [0.1, 0.15) is 10.5 Å². The number of hydrogen-bond acceptors (Lipinski definition) is 6. The van der Waals surface area contributed by atoms with Crippen molar-refractivity contribution in [2.45, 2.75) is 25.3 Å². The summed E-state index contributed by atoms with van der Waals surface area (Å²) in [5, 5.41) is 0. The number of carbonyl (C=O) groups is 2. The number of nitrogens with zero attached hydrogens (tertiary/aromatic N) is 1. The quantitative estimate of drug-likeness (QED) is 0.369. The first-order chi connectivity index (χ1) is 15.7. The van der Waals surface area contributed by atoms with E-state index < -0.39 is 28.6 Å². The summed E-state index contributed by atoms with van der Waals surface area (Å²) < 4.78 is 36.1. The molecular formula is C25H25NO6S. The van der Waals surface area contributed by atoms with Gasteiger partial charge in [-0.1, -0.05) is 54.6 Å². The maximum absolute atomic E-state index is 12.8. The Morgan fingerprint density at radius 3 is 2.30 bits per heavy atom. The average molecular weight is 468 g/mol. The molecule has 0 bridgehead atoms. The lowest BCUT2D eigenvalue weighted by molar-refractivity contribution is -0.133. The van der Waals surface area contributed by atoms with Crippen molar-refractivity contribution >= 4 is 22.0 Å². The zero-order chi connectivity index (χ0) is 24.0. The van der Waals surface area contributed by atoms with Gasteiger partial charge in [-0.3, -0.25) is 4.79 Å². The zero-order valence-electron chi connectivity index (χ0n) is 18.6. The molecule has 0 aliphatic carbocycles. The first kappa shape index (κ1) is 24.0. The van der Waals surface area contributed by atoms with Crippen LogP contribution in [0.1, 0.15) is 27.0 Å². The molecule has 3 rings (SSSR count). The smallest absolute Gasteiger partial charge is 0.342 e.